The van der Waals surface area contributed by atoms with Crippen LogP contribution in [0.4, 0.5) is 0 Å². The molecule has 0 aliphatic heterocycles. The van der Waals surface area contributed by atoms with Gasteiger partial charge in [0, 0.05) is 5.92 Å². The van der Waals surface area contributed by atoms with Crippen molar-refractivity contribution in [2.45, 2.75) is 51.9 Å². The quantitative estimate of drug-likeness (QED) is 0.908. The lowest BCUT2D eigenvalue weighted by Gasteiger charge is -2.27. The van der Waals surface area contributed by atoms with Gasteiger partial charge in [0.25, 0.3) is 5.56 Å². The lowest BCUT2D eigenvalue weighted by Crippen LogP contribution is -2.20. The number of hydrogen-bond donors (Lipinski definition) is 1. The van der Waals surface area contributed by atoms with Crippen molar-refractivity contribution in [3.05, 3.63) is 26.3 Å². The maximum atomic E-state index is 11.7. The van der Waals surface area contributed by atoms with Crippen LogP contribution in [0.25, 0.3) is 0 Å². The summed E-state index contributed by atoms with van der Waals surface area (Å²) in [4.78, 5) is 19.1. The smallest absolute Gasteiger partial charge is 0.265 e. The van der Waals surface area contributed by atoms with Crippen molar-refractivity contribution in [1.29, 1.82) is 0 Å². The van der Waals surface area contributed by atoms with Gasteiger partial charge in [0.1, 0.15) is 10.3 Å². The number of aromatic amines is 1. The van der Waals surface area contributed by atoms with E-state index >= 15 is 0 Å². The fourth-order valence-corrected chi connectivity index (χ4v) is 2.82. The molecule has 1 N–H and O–H groups in total. The maximum absolute atomic E-state index is 11.7. The van der Waals surface area contributed by atoms with Crippen LogP contribution in [0.15, 0.2) is 9.27 Å². The van der Waals surface area contributed by atoms with Crippen molar-refractivity contribution in [3.63, 3.8) is 0 Å². The molecule has 4 heteroatoms. The molecule has 1 saturated carbocycles. The molecule has 1 heterocycles. The SMILES string of the molecule is CCC1CCC(c2nc(C)c(Br)c(=O)[nH]2)CC1. The van der Waals surface area contributed by atoms with Gasteiger partial charge in [-0.2, -0.15) is 0 Å². The molecule has 94 valence electrons. The van der Waals surface area contributed by atoms with Crippen LogP contribution in [0.3, 0.4) is 0 Å². The summed E-state index contributed by atoms with van der Waals surface area (Å²) in [5.74, 6) is 2.19. The van der Waals surface area contributed by atoms with Gasteiger partial charge in [-0.25, -0.2) is 4.98 Å². The van der Waals surface area contributed by atoms with Crippen LogP contribution in [0, 0.1) is 12.8 Å². The number of H-pyrrole nitrogens is 1. The van der Waals surface area contributed by atoms with E-state index < -0.39 is 0 Å². The Morgan fingerprint density at radius 3 is 2.53 bits per heavy atom. The van der Waals surface area contributed by atoms with Crippen molar-refractivity contribution in [2.24, 2.45) is 5.92 Å². The van der Waals surface area contributed by atoms with Crippen molar-refractivity contribution in [2.75, 3.05) is 0 Å². The second-order valence-electron chi connectivity index (χ2n) is 4.98. The summed E-state index contributed by atoms with van der Waals surface area (Å²) in [6, 6.07) is 0. The van der Waals surface area contributed by atoms with Gasteiger partial charge in [0.05, 0.1) is 5.69 Å². The van der Waals surface area contributed by atoms with Crippen molar-refractivity contribution >= 4 is 15.9 Å². The number of aromatic nitrogens is 2. The number of aryl methyl sites for hydroxylation is 1. The number of nitrogens with one attached hydrogen (secondary N) is 1. The fourth-order valence-electron chi connectivity index (χ4n) is 2.63. The van der Waals surface area contributed by atoms with E-state index in [1.807, 2.05) is 6.92 Å². The molecule has 3 nitrogen and oxygen atoms in total. The third-order valence-electron chi connectivity index (χ3n) is 3.86. The molecule has 1 aromatic heterocycles. The van der Waals surface area contributed by atoms with E-state index in [4.69, 9.17) is 0 Å². The highest BCUT2D eigenvalue weighted by Crippen LogP contribution is 2.35. The highest BCUT2D eigenvalue weighted by molar-refractivity contribution is 9.10. The van der Waals surface area contributed by atoms with Crippen LogP contribution in [0.1, 0.15) is 56.5 Å². The van der Waals surface area contributed by atoms with Crippen LogP contribution in [0.5, 0.6) is 0 Å². The maximum Gasteiger partial charge on any atom is 0.265 e. The average Bonchev–Trinajstić information content (AvgIpc) is 2.35. The summed E-state index contributed by atoms with van der Waals surface area (Å²) in [6.45, 7) is 4.13. The number of rotatable bonds is 2. The summed E-state index contributed by atoms with van der Waals surface area (Å²) in [5, 5.41) is 0. The van der Waals surface area contributed by atoms with Gasteiger partial charge >= 0.3 is 0 Å². The van der Waals surface area contributed by atoms with Gasteiger partial charge in [-0.3, -0.25) is 4.79 Å². The number of nitrogens with zero attached hydrogens (tertiary/aromatic N) is 1. The Labute approximate surface area is 110 Å². The summed E-state index contributed by atoms with van der Waals surface area (Å²) in [7, 11) is 0. The highest BCUT2D eigenvalue weighted by Gasteiger charge is 2.23. The molecule has 1 aliphatic rings. The predicted molar refractivity (Wildman–Crippen MR) is 72.3 cm³/mol. The molecular weight excluding hydrogens is 280 g/mol. The number of halogens is 1. The molecule has 0 bridgehead atoms. The first-order chi connectivity index (χ1) is 8.11. The Balaban J connectivity index is 2.16. The van der Waals surface area contributed by atoms with E-state index in [1.54, 1.807) is 0 Å². The molecule has 1 aliphatic carbocycles. The van der Waals surface area contributed by atoms with Crippen molar-refractivity contribution in [1.82, 2.24) is 9.97 Å². The lowest BCUT2D eigenvalue weighted by molar-refractivity contribution is 0.311. The predicted octanol–water partition coefficient (Wildman–Crippen LogP) is 3.52. The lowest BCUT2D eigenvalue weighted by atomic mass is 9.80. The Hall–Kier alpha value is -0.640. The number of hydrogen-bond acceptors (Lipinski definition) is 2. The van der Waals surface area contributed by atoms with Gasteiger partial charge < -0.3 is 4.98 Å². The van der Waals surface area contributed by atoms with E-state index in [0.717, 1.165) is 30.3 Å². The summed E-state index contributed by atoms with van der Waals surface area (Å²) in [5.41, 5.74) is 0.742. The third-order valence-corrected chi connectivity index (χ3v) is 4.79. The summed E-state index contributed by atoms with van der Waals surface area (Å²) < 4.78 is 0.559. The van der Waals surface area contributed by atoms with E-state index in [1.165, 1.54) is 19.3 Å². The zero-order chi connectivity index (χ0) is 12.4. The molecule has 0 unspecified atom stereocenters. The zero-order valence-corrected chi connectivity index (χ0v) is 12.0. The van der Waals surface area contributed by atoms with Gasteiger partial charge in [0.15, 0.2) is 0 Å². The van der Waals surface area contributed by atoms with Crippen molar-refractivity contribution in [3.8, 4) is 0 Å². The molecule has 2 rings (SSSR count). The third kappa shape index (κ3) is 2.79. The summed E-state index contributed by atoms with van der Waals surface area (Å²) in [6.07, 6.45) is 6.11. The van der Waals surface area contributed by atoms with E-state index in [0.29, 0.717) is 10.4 Å². The molecule has 0 radical (unpaired) electrons. The molecule has 17 heavy (non-hydrogen) atoms. The van der Waals surface area contributed by atoms with Crippen LogP contribution in [-0.4, -0.2) is 9.97 Å². The first kappa shape index (κ1) is 12.8. The summed E-state index contributed by atoms with van der Waals surface area (Å²) >= 11 is 3.25. The van der Waals surface area contributed by atoms with Crippen molar-refractivity contribution < 1.29 is 0 Å². The van der Waals surface area contributed by atoms with Crippen LogP contribution in [0.2, 0.25) is 0 Å². The van der Waals surface area contributed by atoms with Crippen LogP contribution >= 0.6 is 15.9 Å². The molecule has 0 spiro atoms. The second kappa shape index (κ2) is 5.34. The largest absolute Gasteiger partial charge is 0.309 e. The minimum absolute atomic E-state index is 0.0508. The van der Waals surface area contributed by atoms with Crippen LogP contribution in [-0.2, 0) is 0 Å². The second-order valence-corrected chi connectivity index (χ2v) is 5.77. The van der Waals surface area contributed by atoms with E-state index in [9.17, 15) is 4.79 Å². The Kier molecular flexibility index (Phi) is 4.02. The molecule has 0 saturated heterocycles. The monoisotopic (exact) mass is 298 g/mol. The standard InChI is InChI=1S/C13H19BrN2O/c1-3-9-4-6-10(7-5-9)12-15-8(2)11(14)13(17)16-12/h9-10H,3-7H2,1-2H3,(H,15,16,17). The molecular formula is C13H19BrN2O. The fraction of sp³-hybridized carbons (Fsp3) is 0.692. The van der Waals surface area contributed by atoms with E-state index in [-0.39, 0.29) is 5.56 Å². The normalized spacial score (nSPS) is 24.9. The van der Waals surface area contributed by atoms with E-state index in [2.05, 4.69) is 32.8 Å². The molecule has 1 aromatic rings. The van der Waals surface area contributed by atoms with Crippen LogP contribution < -0.4 is 5.56 Å². The van der Waals surface area contributed by atoms with Gasteiger partial charge in [-0.05, 0) is 54.5 Å². The Morgan fingerprint density at radius 2 is 2.00 bits per heavy atom. The molecule has 0 amide bonds. The Morgan fingerprint density at radius 1 is 1.35 bits per heavy atom. The first-order valence-corrected chi connectivity index (χ1v) is 7.17. The average molecular weight is 299 g/mol. The Bertz CT molecular complexity index is 447. The molecule has 1 fully saturated rings. The first-order valence-electron chi connectivity index (χ1n) is 6.38. The minimum Gasteiger partial charge on any atom is -0.309 e. The highest BCUT2D eigenvalue weighted by atomic mass is 79.9. The topological polar surface area (TPSA) is 45.8 Å². The van der Waals surface area contributed by atoms with Gasteiger partial charge in [0.2, 0.25) is 0 Å². The zero-order valence-electron chi connectivity index (χ0n) is 10.4. The minimum atomic E-state index is -0.0508. The van der Waals surface area contributed by atoms with Gasteiger partial charge in [-0.1, -0.05) is 13.3 Å². The molecule has 0 aromatic carbocycles. The van der Waals surface area contributed by atoms with Gasteiger partial charge in [-0.15, -0.1) is 0 Å². The molecule has 0 atom stereocenters.